The van der Waals surface area contributed by atoms with E-state index in [-0.39, 0.29) is 6.42 Å². The predicted molar refractivity (Wildman–Crippen MR) is 100 cm³/mol. The number of hydrogen-bond donors (Lipinski definition) is 3. The van der Waals surface area contributed by atoms with Crippen LogP contribution in [0.3, 0.4) is 0 Å². The summed E-state index contributed by atoms with van der Waals surface area (Å²) in [6.07, 6.45) is 0.260. The molecule has 0 bridgehead atoms. The van der Waals surface area contributed by atoms with E-state index < -0.39 is 17.4 Å². The highest BCUT2D eigenvalue weighted by Gasteiger charge is 2.34. The molecule has 7 heteroatoms. The highest BCUT2D eigenvalue weighted by molar-refractivity contribution is 9.10. The second-order valence-corrected chi connectivity index (χ2v) is 6.97. The maximum Gasteiger partial charge on any atom is 0.329 e. The van der Waals surface area contributed by atoms with Crippen LogP contribution >= 0.6 is 27.5 Å². The largest absolute Gasteiger partial charge is 0.480 e. The third kappa shape index (κ3) is 3.35. The van der Waals surface area contributed by atoms with Gasteiger partial charge in [-0.15, -0.1) is 0 Å². The number of hydrogen-bond acceptors (Lipinski definition) is 3. The number of fused-ring (bicyclic) bond motifs is 1. The quantitative estimate of drug-likeness (QED) is 0.683. The van der Waals surface area contributed by atoms with Gasteiger partial charge in [0.15, 0.2) is 0 Å². The molecule has 2 aromatic carbocycles. The van der Waals surface area contributed by atoms with E-state index >= 15 is 0 Å². The number of carboxylic acid groups (broad SMARTS) is 1. The lowest BCUT2D eigenvalue weighted by atomic mass is 9.97. The van der Waals surface area contributed by atoms with Gasteiger partial charge in [-0.2, -0.15) is 0 Å². The Morgan fingerprint density at radius 1 is 1.33 bits per heavy atom. The number of amides is 1. The molecular formula is C17H18BrClN2O3. The van der Waals surface area contributed by atoms with Crippen LogP contribution in [0.2, 0.25) is 5.02 Å². The van der Waals surface area contributed by atoms with Crippen molar-refractivity contribution < 1.29 is 14.7 Å². The van der Waals surface area contributed by atoms with Crippen LogP contribution in [0.25, 0.3) is 10.8 Å². The zero-order valence-electron chi connectivity index (χ0n) is 13.5. The normalized spacial score (nSPS) is 13.4. The predicted octanol–water partition coefficient (Wildman–Crippen LogP) is 4.28. The number of halogens is 2. The van der Waals surface area contributed by atoms with Gasteiger partial charge in [-0.25, -0.2) is 4.79 Å². The Balaban J connectivity index is 2.58. The Morgan fingerprint density at radius 3 is 2.54 bits per heavy atom. The Morgan fingerprint density at radius 2 is 2.00 bits per heavy atom. The minimum atomic E-state index is -1.35. The molecule has 0 spiro atoms. The van der Waals surface area contributed by atoms with Gasteiger partial charge in [-0.3, -0.25) is 4.79 Å². The monoisotopic (exact) mass is 412 g/mol. The number of aliphatic carboxylic acids is 1. The summed E-state index contributed by atoms with van der Waals surface area (Å²) in [6.45, 7) is 3.18. The smallest absolute Gasteiger partial charge is 0.329 e. The second kappa shape index (κ2) is 6.99. The van der Waals surface area contributed by atoms with Crippen molar-refractivity contribution in [2.45, 2.75) is 25.8 Å². The SMILES string of the molecule is CCC(C)(NC(=O)c1cc2cc(Br)ccc2c(Cl)c1NC)C(=O)O. The molecule has 0 aromatic heterocycles. The summed E-state index contributed by atoms with van der Waals surface area (Å²) in [6, 6.07) is 7.28. The minimum absolute atomic E-state index is 0.260. The Bertz CT molecular complexity index is 825. The lowest BCUT2D eigenvalue weighted by molar-refractivity contribution is -0.143. The van der Waals surface area contributed by atoms with E-state index in [4.69, 9.17) is 11.6 Å². The van der Waals surface area contributed by atoms with Gasteiger partial charge < -0.3 is 15.7 Å². The van der Waals surface area contributed by atoms with E-state index in [0.717, 1.165) is 15.2 Å². The molecule has 128 valence electrons. The summed E-state index contributed by atoms with van der Waals surface area (Å²) in [7, 11) is 1.67. The van der Waals surface area contributed by atoms with Gasteiger partial charge in [0.25, 0.3) is 5.91 Å². The standard InChI is InChI=1S/C17H18BrClN2O3/c1-4-17(2,16(23)24)21-15(22)12-8-9-7-10(18)5-6-11(9)13(19)14(12)20-3/h5-8,20H,4H2,1-3H3,(H,21,22)(H,23,24). The molecule has 1 atom stereocenters. The second-order valence-electron chi connectivity index (χ2n) is 5.67. The van der Waals surface area contributed by atoms with Crippen LogP contribution in [0.5, 0.6) is 0 Å². The van der Waals surface area contributed by atoms with Crippen LogP contribution < -0.4 is 10.6 Å². The molecule has 0 aliphatic carbocycles. The van der Waals surface area contributed by atoms with E-state index in [1.165, 1.54) is 6.92 Å². The number of carbonyl (C=O) groups is 2. The van der Waals surface area contributed by atoms with Crippen molar-refractivity contribution in [1.82, 2.24) is 5.32 Å². The fourth-order valence-electron chi connectivity index (χ4n) is 2.37. The molecule has 24 heavy (non-hydrogen) atoms. The number of carbonyl (C=O) groups excluding carboxylic acids is 1. The zero-order chi connectivity index (χ0) is 18.1. The minimum Gasteiger partial charge on any atom is -0.480 e. The summed E-state index contributed by atoms with van der Waals surface area (Å²) in [4.78, 5) is 24.1. The van der Waals surface area contributed by atoms with Gasteiger partial charge in [0, 0.05) is 16.9 Å². The maximum atomic E-state index is 12.7. The summed E-state index contributed by atoms with van der Waals surface area (Å²) < 4.78 is 0.860. The van der Waals surface area contributed by atoms with Gasteiger partial charge in [0.05, 0.1) is 16.3 Å². The van der Waals surface area contributed by atoms with E-state index in [9.17, 15) is 14.7 Å². The van der Waals surface area contributed by atoms with Crippen molar-refractivity contribution in [3.8, 4) is 0 Å². The summed E-state index contributed by atoms with van der Waals surface area (Å²) in [5.74, 6) is -1.58. The number of benzene rings is 2. The first-order valence-electron chi connectivity index (χ1n) is 7.39. The fraction of sp³-hybridized carbons (Fsp3) is 0.294. The molecule has 0 heterocycles. The molecule has 1 amide bonds. The van der Waals surface area contributed by atoms with E-state index in [1.54, 1.807) is 20.0 Å². The number of carboxylic acids is 1. The van der Waals surface area contributed by atoms with Crippen LogP contribution in [0.1, 0.15) is 30.6 Å². The van der Waals surface area contributed by atoms with E-state index in [1.807, 2.05) is 18.2 Å². The maximum absolute atomic E-state index is 12.7. The molecule has 3 N–H and O–H groups in total. The third-order valence-corrected chi connectivity index (χ3v) is 4.99. The van der Waals surface area contributed by atoms with Crippen molar-refractivity contribution in [2.75, 3.05) is 12.4 Å². The van der Waals surface area contributed by atoms with Crippen LogP contribution in [-0.2, 0) is 4.79 Å². The molecular weight excluding hydrogens is 396 g/mol. The average molecular weight is 414 g/mol. The fourth-order valence-corrected chi connectivity index (χ4v) is 3.12. The van der Waals surface area contributed by atoms with Crippen molar-refractivity contribution in [3.05, 3.63) is 39.3 Å². The Kier molecular flexibility index (Phi) is 5.40. The molecule has 0 saturated heterocycles. The third-order valence-electron chi connectivity index (χ3n) is 4.10. The number of anilines is 1. The Hall–Kier alpha value is -1.79. The van der Waals surface area contributed by atoms with Crippen molar-refractivity contribution in [3.63, 3.8) is 0 Å². The average Bonchev–Trinajstić information content (AvgIpc) is 2.53. The number of nitrogens with one attached hydrogen (secondary N) is 2. The highest BCUT2D eigenvalue weighted by atomic mass is 79.9. The van der Waals surface area contributed by atoms with E-state index in [0.29, 0.717) is 16.3 Å². The molecule has 0 aliphatic heterocycles. The first-order valence-corrected chi connectivity index (χ1v) is 8.56. The molecule has 1 unspecified atom stereocenters. The van der Waals surface area contributed by atoms with E-state index in [2.05, 4.69) is 26.6 Å². The van der Waals surface area contributed by atoms with Crippen LogP contribution in [0, 0.1) is 0 Å². The molecule has 0 aliphatic rings. The molecule has 0 fully saturated rings. The van der Waals surface area contributed by atoms with Gasteiger partial charge in [0.1, 0.15) is 5.54 Å². The van der Waals surface area contributed by atoms with Crippen LogP contribution in [-0.4, -0.2) is 29.6 Å². The van der Waals surface area contributed by atoms with Crippen LogP contribution in [0.4, 0.5) is 5.69 Å². The molecule has 5 nitrogen and oxygen atoms in total. The first kappa shape index (κ1) is 18.5. The van der Waals surface area contributed by atoms with Gasteiger partial charge >= 0.3 is 5.97 Å². The highest BCUT2D eigenvalue weighted by Crippen LogP contribution is 2.35. The number of rotatable bonds is 5. The summed E-state index contributed by atoms with van der Waals surface area (Å²) in [5.41, 5.74) is -0.581. The topological polar surface area (TPSA) is 78.4 Å². The van der Waals surface area contributed by atoms with Crippen molar-refractivity contribution in [2.24, 2.45) is 0 Å². The van der Waals surface area contributed by atoms with Crippen LogP contribution in [0.15, 0.2) is 28.7 Å². The first-order chi connectivity index (χ1) is 11.2. The Labute approximate surface area is 153 Å². The molecule has 2 aromatic rings. The summed E-state index contributed by atoms with van der Waals surface area (Å²) >= 11 is 9.83. The molecule has 0 radical (unpaired) electrons. The lowest BCUT2D eigenvalue weighted by Crippen LogP contribution is -2.51. The van der Waals surface area contributed by atoms with Gasteiger partial charge in [-0.1, -0.05) is 40.5 Å². The lowest BCUT2D eigenvalue weighted by Gasteiger charge is -2.25. The molecule has 0 saturated carbocycles. The van der Waals surface area contributed by atoms with Gasteiger partial charge in [0.2, 0.25) is 0 Å². The summed E-state index contributed by atoms with van der Waals surface area (Å²) in [5, 5.41) is 16.9. The zero-order valence-corrected chi connectivity index (χ0v) is 15.9. The van der Waals surface area contributed by atoms with Crippen molar-refractivity contribution in [1.29, 1.82) is 0 Å². The van der Waals surface area contributed by atoms with Gasteiger partial charge in [-0.05, 0) is 36.9 Å². The van der Waals surface area contributed by atoms with Crippen molar-refractivity contribution >= 4 is 55.9 Å². The molecule has 2 rings (SSSR count).